The summed E-state index contributed by atoms with van der Waals surface area (Å²) in [7, 11) is -2.30. The molecule has 1 atom stereocenters. The van der Waals surface area contributed by atoms with Gasteiger partial charge in [0.2, 0.25) is 5.91 Å². The van der Waals surface area contributed by atoms with E-state index in [0.717, 1.165) is 12.0 Å². The van der Waals surface area contributed by atoms with Gasteiger partial charge >= 0.3 is 0 Å². The van der Waals surface area contributed by atoms with Crippen LogP contribution in [-0.4, -0.2) is 32.7 Å². The van der Waals surface area contributed by atoms with Crippen molar-refractivity contribution >= 4 is 56.4 Å². The summed E-state index contributed by atoms with van der Waals surface area (Å²) >= 11 is 7.82. The molecule has 152 valence electrons. The van der Waals surface area contributed by atoms with Crippen LogP contribution in [0.1, 0.15) is 30.5 Å². The van der Waals surface area contributed by atoms with Gasteiger partial charge in [-0.3, -0.25) is 9.52 Å². The van der Waals surface area contributed by atoms with Crippen LogP contribution < -0.4 is 15.4 Å². The molecular weight excluding hydrogens is 434 g/mol. The number of thiophene rings is 1. The molecule has 3 N–H and O–H groups in total. The number of carbonyl (C=O) groups excluding carboxylic acids is 1. The number of hydrogen-bond donors (Lipinski definition) is 3. The lowest BCUT2D eigenvalue weighted by atomic mass is 10.1. The maximum atomic E-state index is 12.6. The monoisotopic (exact) mass is 457 g/mol. The first-order valence-corrected chi connectivity index (χ1v) is 12.6. The van der Waals surface area contributed by atoms with Crippen LogP contribution in [0.15, 0.2) is 44.8 Å². The second kappa shape index (κ2) is 10.2. The summed E-state index contributed by atoms with van der Waals surface area (Å²) in [5, 5.41) is 9.60. The third-order valence-electron chi connectivity index (χ3n) is 4.03. The number of sulfonamides is 1. The van der Waals surface area contributed by atoms with Crippen molar-refractivity contribution in [1.82, 2.24) is 15.4 Å². The standard InChI is InChI=1S/C18H23N3O3S4/c1-4-14(13-7-8-27-11-13)20-17(22)10-12-5-6-15(26-3)16(9-12)28(23,24)21-18(25)19-2/h5-9,11,14H,4,10H2,1-3H3,(H,20,22)(H2,19,21,25). The molecule has 2 rings (SSSR count). The summed E-state index contributed by atoms with van der Waals surface area (Å²) in [6.07, 6.45) is 2.66. The highest BCUT2D eigenvalue weighted by atomic mass is 32.2. The second-order valence-electron chi connectivity index (χ2n) is 5.93. The molecule has 1 aromatic carbocycles. The minimum atomic E-state index is -3.84. The minimum Gasteiger partial charge on any atom is -0.365 e. The Balaban J connectivity index is 2.20. The topological polar surface area (TPSA) is 87.3 Å². The van der Waals surface area contributed by atoms with Gasteiger partial charge in [0.15, 0.2) is 5.11 Å². The van der Waals surface area contributed by atoms with E-state index in [1.54, 1.807) is 36.8 Å². The first kappa shape index (κ1) is 22.7. The fourth-order valence-electron chi connectivity index (χ4n) is 2.59. The molecule has 0 radical (unpaired) electrons. The fraction of sp³-hybridized carbons (Fsp3) is 0.333. The number of carbonyl (C=O) groups is 1. The summed E-state index contributed by atoms with van der Waals surface area (Å²) in [6.45, 7) is 2.01. The quantitative estimate of drug-likeness (QED) is 0.417. The normalized spacial score (nSPS) is 12.2. The minimum absolute atomic E-state index is 0.0109. The van der Waals surface area contributed by atoms with Gasteiger partial charge in [0.1, 0.15) is 4.90 Å². The van der Waals surface area contributed by atoms with Crippen molar-refractivity contribution in [3.8, 4) is 0 Å². The highest BCUT2D eigenvalue weighted by Gasteiger charge is 2.21. The van der Waals surface area contributed by atoms with E-state index < -0.39 is 10.0 Å². The number of amides is 1. The van der Waals surface area contributed by atoms with Crippen LogP contribution >= 0.6 is 35.3 Å². The third-order valence-corrected chi connectivity index (χ3v) is 7.48. The molecular formula is C18H23N3O3S4. The Labute approximate surface area is 179 Å². The van der Waals surface area contributed by atoms with Crippen LogP contribution in [0.3, 0.4) is 0 Å². The van der Waals surface area contributed by atoms with E-state index in [1.807, 2.05) is 23.8 Å². The van der Waals surface area contributed by atoms with E-state index in [-0.39, 0.29) is 28.4 Å². The molecule has 6 nitrogen and oxygen atoms in total. The van der Waals surface area contributed by atoms with E-state index in [0.29, 0.717) is 10.5 Å². The number of thiocarbonyl (C=S) groups is 1. The van der Waals surface area contributed by atoms with Crippen LogP contribution in [0.5, 0.6) is 0 Å². The molecule has 10 heteroatoms. The van der Waals surface area contributed by atoms with E-state index in [1.165, 1.54) is 17.8 Å². The average Bonchev–Trinajstić information content (AvgIpc) is 3.20. The van der Waals surface area contributed by atoms with Crippen LogP contribution in [0.4, 0.5) is 0 Å². The van der Waals surface area contributed by atoms with E-state index in [9.17, 15) is 13.2 Å². The van der Waals surface area contributed by atoms with E-state index in [2.05, 4.69) is 15.4 Å². The van der Waals surface area contributed by atoms with Gasteiger partial charge in [0.05, 0.1) is 12.5 Å². The number of benzene rings is 1. The van der Waals surface area contributed by atoms with Crippen molar-refractivity contribution in [3.05, 3.63) is 46.2 Å². The highest BCUT2D eigenvalue weighted by molar-refractivity contribution is 7.99. The molecule has 0 aliphatic rings. The summed E-state index contributed by atoms with van der Waals surface area (Å²) in [4.78, 5) is 13.2. The molecule has 0 bridgehead atoms. The van der Waals surface area contributed by atoms with Crippen molar-refractivity contribution in [2.75, 3.05) is 13.3 Å². The Bertz CT molecular complexity index is 928. The van der Waals surface area contributed by atoms with Gasteiger partial charge in [-0.2, -0.15) is 11.3 Å². The Morgan fingerprint density at radius 1 is 1.32 bits per heavy atom. The van der Waals surface area contributed by atoms with Crippen molar-refractivity contribution in [3.63, 3.8) is 0 Å². The van der Waals surface area contributed by atoms with Gasteiger partial charge < -0.3 is 10.6 Å². The molecule has 1 amide bonds. The molecule has 0 saturated carbocycles. The zero-order valence-corrected chi connectivity index (χ0v) is 19.1. The number of rotatable bonds is 8. The highest BCUT2D eigenvalue weighted by Crippen LogP contribution is 2.26. The maximum absolute atomic E-state index is 12.6. The van der Waals surface area contributed by atoms with Gasteiger partial charge in [-0.25, -0.2) is 8.42 Å². The first-order chi connectivity index (χ1) is 13.3. The smallest absolute Gasteiger partial charge is 0.264 e. The zero-order chi connectivity index (χ0) is 20.7. The first-order valence-electron chi connectivity index (χ1n) is 8.53. The third kappa shape index (κ3) is 5.94. The summed E-state index contributed by atoms with van der Waals surface area (Å²) in [5.41, 5.74) is 1.69. The Kier molecular flexibility index (Phi) is 8.29. The Morgan fingerprint density at radius 3 is 2.64 bits per heavy atom. The molecule has 0 saturated heterocycles. The second-order valence-corrected chi connectivity index (χ2v) is 9.62. The van der Waals surface area contributed by atoms with E-state index in [4.69, 9.17) is 12.2 Å². The van der Waals surface area contributed by atoms with Gasteiger partial charge in [-0.1, -0.05) is 13.0 Å². The molecule has 2 aromatic rings. The lowest BCUT2D eigenvalue weighted by Gasteiger charge is -2.17. The summed E-state index contributed by atoms with van der Waals surface area (Å²) in [6, 6.07) is 6.94. The maximum Gasteiger partial charge on any atom is 0.264 e. The average molecular weight is 458 g/mol. The largest absolute Gasteiger partial charge is 0.365 e. The molecule has 0 aliphatic carbocycles. The molecule has 1 unspecified atom stereocenters. The van der Waals surface area contributed by atoms with Crippen LogP contribution in [0.2, 0.25) is 0 Å². The Morgan fingerprint density at radius 2 is 2.07 bits per heavy atom. The Hall–Kier alpha value is -1.62. The van der Waals surface area contributed by atoms with E-state index >= 15 is 0 Å². The number of nitrogens with one attached hydrogen (secondary N) is 3. The van der Waals surface area contributed by atoms with Crippen molar-refractivity contribution in [2.24, 2.45) is 0 Å². The lowest BCUT2D eigenvalue weighted by Crippen LogP contribution is -2.37. The lowest BCUT2D eigenvalue weighted by molar-refractivity contribution is -0.121. The van der Waals surface area contributed by atoms with Gasteiger partial charge in [0, 0.05) is 11.9 Å². The van der Waals surface area contributed by atoms with Gasteiger partial charge in [0.25, 0.3) is 10.0 Å². The van der Waals surface area contributed by atoms with Gasteiger partial charge in [-0.15, -0.1) is 11.8 Å². The number of hydrogen-bond acceptors (Lipinski definition) is 6. The molecule has 0 spiro atoms. The van der Waals surface area contributed by atoms with Crippen LogP contribution in [0, 0.1) is 0 Å². The predicted octanol–water partition coefficient (Wildman–Crippen LogP) is 3.06. The van der Waals surface area contributed by atoms with Crippen molar-refractivity contribution in [1.29, 1.82) is 0 Å². The van der Waals surface area contributed by atoms with Gasteiger partial charge in [-0.05, 0) is 65.0 Å². The molecule has 0 aliphatic heterocycles. The summed E-state index contributed by atoms with van der Waals surface area (Å²) in [5.74, 6) is -0.156. The zero-order valence-electron chi connectivity index (χ0n) is 15.8. The predicted molar refractivity (Wildman–Crippen MR) is 119 cm³/mol. The van der Waals surface area contributed by atoms with Crippen molar-refractivity contribution < 1.29 is 13.2 Å². The number of thioether (sulfide) groups is 1. The fourth-order valence-corrected chi connectivity index (χ4v) is 5.78. The van der Waals surface area contributed by atoms with Crippen LogP contribution in [-0.2, 0) is 21.2 Å². The molecule has 28 heavy (non-hydrogen) atoms. The molecule has 0 fully saturated rings. The molecule has 1 aromatic heterocycles. The molecule has 1 heterocycles. The van der Waals surface area contributed by atoms with Crippen LogP contribution in [0.25, 0.3) is 0 Å². The SMILES string of the molecule is CCC(NC(=O)Cc1ccc(SC)c(S(=O)(=O)NC(=S)NC)c1)c1ccsc1. The van der Waals surface area contributed by atoms with Crippen molar-refractivity contribution in [2.45, 2.75) is 35.6 Å². The summed E-state index contributed by atoms with van der Waals surface area (Å²) < 4.78 is 27.6.